The highest BCUT2D eigenvalue weighted by Crippen LogP contribution is 2.31. The summed E-state index contributed by atoms with van der Waals surface area (Å²) in [6.45, 7) is 5.97. The van der Waals surface area contributed by atoms with Gasteiger partial charge in [0, 0.05) is 5.56 Å². The molecule has 0 aliphatic heterocycles. The van der Waals surface area contributed by atoms with E-state index in [1.807, 2.05) is 19.1 Å². The SMILES string of the molecule is COC(=O)c1sc(-c2cccc(C)c2C)nc1C. The highest BCUT2D eigenvalue weighted by molar-refractivity contribution is 7.17. The molecule has 0 unspecified atom stereocenters. The monoisotopic (exact) mass is 261 g/mol. The molecule has 0 aliphatic rings. The van der Waals surface area contributed by atoms with Gasteiger partial charge in [-0.25, -0.2) is 9.78 Å². The van der Waals surface area contributed by atoms with Crippen LogP contribution in [0, 0.1) is 20.8 Å². The smallest absolute Gasteiger partial charge is 0.349 e. The number of rotatable bonds is 2. The molecule has 2 aromatic rings. The summed E-state index contributed by atoms with van der Waals surface area (Å²) in [7, 11) is 1.39. The van der Waals surface area contributed by atoms with Gasteiger partial charge < -0.3 is 4.74 Å². The van der Waals surface area contributed by atoms with E-state index in [1.165, 1.54) is 29.6 Å². The van der Waals surface area contributed by atoms with Gasteiger partial charge >= 0.3 is 5.97 Å². The number of hydrogen-bond acceptors (Lipinski definition) is 4. The van der Waals surface area contributed by atoms with E-state index in [0.29, 0.717) is 4.88 Å². The molecular formula is C14H15NO2S. The number of benzene rings is 1. The van der Waals surface area contributed by atoms with Crippen LogP contribution in [0.25, 0.3) is 10.6 Å². The van der Waals surface area contributed by atoms with Crippen LogP contribution in [0.5, 0.6) is 0 Å². The largest absolute Gasteiger partial charge is 0.465 e. The van der Waals surface area contributed by atoms with Crippen molar-refractivity contribution in [3.8, 4) is 10.6 Å². The van der Waals surface area contributed by atoms with Crippen LogP contribution < -0.4 is 0 Å². The second-order valence-corrected chi connectivity index (χ2v) is 5.17. The third-order valence-electron chi connectivity index (χ3n) is 3.00. The topological polar surface area (TPSA) is 39.2 Å². The van der Waals surface area contributed by atoms with Gasteiger partial charge in [-0.2, -0.15) is 0 Å². The van der Waals surface area contributed by atoms with Gasteiger partial charge in [-0.1, -0.05) is 18.2 Å². The molecule has 0 saturated heterocycles. The molecule has 1 aromatic carbocycles. The highest BCUT2D eigenvalue weighted by Gasteiger charge is 2.17. The van der Waals surface area contributed by atoms with E-state index in [4.69, 9.17) is 4.74 Å². The van der Waals surface area contributed by atoms with Crippen LogP contribution in [0.3, 0.4) is 0 Å². The molecule has 0 N–H and O–H groups in total. The Morgan fingerprint density at radius 1 is 1.28 bits per heavy atom. The molecule has 4 heteroatoms. The first-order valence-corrected chi connectivity index (χ1v) is 6.48. The van der Waals surface area contributed by atoms with Gasteiger partial charge in [-0.15, -0.1) is 11.3 Å². The Labute approximate surface area is 110 Å². The van der Waals surface area contributed by atoms with E-state index in [1.54, 1.807) is 0 Å². The molecule has 18 heavy (non-hydrogen) atoms. The van der Waals surface area contributed by atoms with E-state index in [0.717, 1.165) is 16.3 Å². The fourth-order valence-electron chi connectivity index (χ4n) is 1.78. The maximum absolute atomic E-state index is 11.6. The van der Waals surface area contributed by atoms with Crippen LogP contribution in [-0.4, -0.2) is 18.1 Å². The molecule has 0 spiro atoms. The number of carbonyl (C=O) groups is 1. The van der Waals surface area contributed by atoms with E-state index < -0.39 is 0 Å². The minimum Gasteiger partial charge on any atom is -0.465 e. The van der Waals surface area contributed by atoms with Gasteiger partial charge in [0.05, 0.1) is 12.8 Å². The molecule has 94 valence electrons. The van der Waals surface area contributed by atoms with Crippen molar-refractivity contribution >= 4 is 17.3 Å². The van der Waals surface area contributed by atoms with Crippen LogP contribution in [0.15, 0.2) is 18.2 Å². The summed E-state index contributed by atoms with van der Waals surface area (Å²) in [6.07, 6.45) is 0. The standard InChI is InChI=1S/C14H15NO2S/c1-8-6-5-7-11(9(8)2)13-15-10(3)12(18-13)14(16)17-4/h5-7H,1-4H3. The fourth-order valence-corrected chi connectivity index (χ4v) is 2.84. The summed E-state index contributed by atoms with van der Waals surface area (Å²) in [4.78, 5) is 16.6. The fraction of sp³-hybridized carbons (Fsp3) is 0.286. The first-order chi connectivity index (χ1) is 8.54. The van der Waals surface area contributed by atoms with Crippen molar-refractivity contribution in [2.45, 2.75) is 20.8 Å². The van der Waals surface area contributed by atoms with Crippen molar-refractivity contribution in [1.82, 2.24) is 4.98 Å². The van der Waals surface area contributed by atoms with Crippen molar-refractivity contribution in [2.24, 2.45) is 0 Å². The molecule has 1 heterocycles. The zero-order chi connectivity index (χ0) is 13.3. The first kappa shape index (κ1) is 12.8. The average molecular weight is 261 g/mol. The number of thiazole rings is 1. The number of ether oxygens (including phenoxy) is 1. The summed E-state index contributed by atoms with van der Waals surface area (Å²) in [5.74, 6) is -0.318. The zero-order valence-corrected chi connectivity index (χ0v) is 11.7. The molecule has 1 aromatic heterocycles. The van der Waals surface area contributed by atoms with Gasteiger partial charge in [0.15, 0.2) is 0 Å². The summed E-state index contributed by atoms with van der Waals surface area (Å²) in [5, 5.41) is 0.870. The Kier molecular flexibility index (Phi) is 3.48. The van der Waals surface area contributed by atoms with Crippen LogP contribution in [0.2, 0.25) is 0 Å². The van der Waals surface area contributed by atoms with Gasteiger partial charge in [0.2, 0.25) is 0 Å². The Balaban J connectivity index is 2.53. The predicted molar refractivity (Wildman–Crippen MR) is 73.1 cm³/mol. The Bertz CT molecular complexity index is 602. The molecule has 0 radical (unpaired) electrons. The first-order valence-electron chi connectivity index (χ1n) is 5.67. The van der Waals surface area contributed by atoms with E-state index in [-0.39, 0.29) is 5.97 Å². The maximum Gasteiger partial charge on any atom is 0.349 e. The van der Waals surface area contributed by atoms with Gasteiger partial charge in [-0.3, -0.25) is 0 Å². The summed E-state index contributed by atoms with van der Waals surface area (Å²) >= 11 is 1.38. The Morgan fingerprint density at radius 2 is 2.00 bits per heavy atom. The van der Waals surface area contributed by atoms with Crippen molar-refractivity contribution in [1.29, 1.82) is 0 Å². The van der Waals surface area contributed by atoms with Gasteiger partial charge in [-0.05, 0) is 31.9 Å². The van der Waals surface area contributed by atoms with Crippen LogP contribution in [-0.2, 0) is 4.74 Å². The molecule has 0 amide bonds. The van der Waals surface area contributed by atoms with Gasteiger partial charge in [0.1, 0.15) is 9.88 Å². The molecule has 0 fully saturated rings. The molecule has 0 aliphatic carbocycles. The third kappa shape index (κ3) is 2.16. The minimum atomic E-state index is -0.318. The molecule has 0 bridgehead atoms. The van der Waals surface area contributed by atoms with E-state index >= 15 is 0 Å². The number of aryl methyl sites for hydroxylation is 2. The second-order valence-electron chi connectivity index (χ2n) is 4.17. The van der Waals surface area contributed by atoms with Crippen LogP contribution in [0.4, 0.5) is 0 Å². The van der Waals surface area contributed by atoms with Crippen molar-refractivity contribution < 1.29 is 9.53 Å². The molecule has 2 rings (SSSR count). The third-order valence-corrected chi connectivity index (χ3v) is 4.17. The lowest BCUT2D eigenvalue weighted by molar-refractivity contribution is 0.0605. The zero-order valence-electron chi connectivity index (χ0n) is 10.9. The number of methoxy groups -OCH3 is 1. The van der Waals surface area contributed by atoms with Crippen molar-refractivity contribution in [3.05, 3.63) is 39.9 Å². The number of hydrogen-bond donors (Lipinski definition) is 0. The lowest BCUT2D eigenvalue weighted by Crippen LogP contribution is -1.99. The Morgan fingerprint density at radius 3 is 2.67 bits per heavy atom. The average Bonchev–Trinajstić information content (AvgIpc) is 2.73. The summed E-state index contributed by atoms with van der Waals surface area (Å²) in [6, 6.07) is 6.11. The quantitative estimate of drug-likeness (QED) is 0.776. The van der Waals surface area contributed by atoms with Gasteiger partial charge in [0.25, 0.3) is 0 Å². The normalized spacial score (nSPS) is 10.4. The molecule has 3 nitrogen and oxygen atoms in total. The van der Waals surface area contributed by atoms with Crippen LogP contribution >= 0.6 is 11.3 Å². The molecule has 0 atom stereocenters. The Hall–Kier alpha value is -1.68. The van der Waals surface area contributed by atoms with Crippen molar-refractivity contribution in [2.75, 3.05) is 7.11 Å². The highest BCUT2D eigenvalue weighted by atomic mass is 32.1. The molecule has 0 saturated carbocycles. The molecular weight excluding hydrogens is 246 g/mol. The second kappa shape index (κ2) is 4.90. The predicted octanol–water partition coefficient (Wildman–Crippen LogP) is 3.52. The number of aromatic nitrogens is 1. The lowest BCUT2D eigenvalue weighted by atomic mass is 10.0. The summed E-state index contributed by atoms with van der Waals surface area (Å²) < 4.78 is 4.75. The van der Waals surface area contributed by atoms with E-state index in [2.05, 4.69) is 24.9 Å². The lowest BCUT2D eigenvalue weighted by Gasteiger charge is -2.04. The maximum atomic E-state index is 11.6. The minimum absolute atomic E-state index is 0.318. The number of esters is 1. The summed E-state index contributed by atoms with van der Waals surface area (Å²) in [5.41, 5.74) is 4.23. The van der Waals surface area contributed by atoms with Crippen LogP contribution in [0.1, 0.15) is 26.5 Å². The number of carbonyl (C=O) groups excluding carboxylic acids is 1. The van der Waals surface area contributed by atoms with Crippen molar-refractivity contribution in [3.63, 3.8) is 0 Å². The van der Waals surface area contributed by atoms with E-state index in [9.17, 15) is 4.79 Å². The number of nitrogens with zero attached hydrogens (tertiary/aromatic N) is 1.